The van der Waals surface area contributed by atoms with Crippen LogP contribution in [-0.2, 0) is 9.59 Å². The lowest BCUT2D eigenvalue weighted by Crippen LogP contribution is -2.39. The molecule has 2 N–H and O–H groups in total. The van der Waals surface area contributed by atoms with Crippen LogP contribution in [0.2, 0.25) is 0 Å². The van der Waals surface area contributed by atoms with Crippen LogP contribution >= 0.6 is 0 Å². The van der Waals surface area contributed by atoms with Crippen LogP contribution in [0.4, 0.5) is 0 Å². The molecule has 0 aromatic carbocycles. The first-order valence-electron chi connectivity index (χ1n) is 5.07. The fourth-order valence-electron chi connectivity index (χ4n) is 1.71. The Kier molecular flexibility index (Phi) is 4.07. The third-order valence-corrected chi connectivity index (χ3v) is 2.64. The fourth-order valence-corrected chi connectivity index (χ4v) is 1.71. The van der Waals surface area contributed by atoms with E-state index in [0.717, 1.165) is 19.1 Å². The van der Waals surface area contributed by atoms with Gasteiger partial charge in [-0.15, -0.1) is 0 Å². The van der Waals surface area contributed by atoms with Crippen LogP contribution < -0.4 is 5.32 Å². The van der Waals surface area contributed by atoms with Gasteiger partial charge in [-0.05, 0) is 32.6 Å². The topological polar surface area (TPSA) is 66.4 Å². The summed E-state index contributed by atoms with van der Waals surface area (Å²) in [7, 11) is 0. The molecule has 0 aliphatic heterocycles. The van der Waals surface area contributed by atoms with Crippen molar-refractivity contribution in [3.63, 3.8) is 0 Å². The van der Waals surface area contributed by atoms with E-state index >= 15 is 0 Å². The highest BCUT2D eigenvalue weighted by molar-refractivity contribution is 5.81. The van der Waals surface area contributed by atoms with E-state index in [1.807, 2.05) is 0 Å². The summed E-state index contributed by atoms with van der Waals surface area (Å²) in [4.78, 5) is 21.8. The maximum atomic E-state index is 11.5. The van der Waals surface area contributed by atoms with E-state index in [2.05, 4.69) is 5.32 Å². The normalized spacial score (nSPS) is 29.3. The molecule has 1 aliphatic carbocycles. The van der Waals surface area contributed by atoms with E-state index in [1.165, 1.54) is 0 Å². The van der Waals surface area contributed by atoms with Gasteiger partial charge in [-0.25, -0.2) is 0 Å². The number of amides is 1. The Bertz CT molecular complexity index is 209. The van der Waals surface area contributed by atoms with Crippen LogP contribution in [-0.4, -0.2) is 29.4 Å². The summed E-state index contributed by atoms with van der Waals surface area (Å²) in [5, 5.41) is 11.9. The number of aliphatic hydroxyl groups is 1. The van der Waals surface area contributed by atoms with Gasteiger partial charge in [0.25, 0.3) is 0 Å². The van der Waals surface area contributed by atoms with E-state index in [0.29, 0.717) is 12.8 Å². The van der Waals surface area contributed by atoms with Gasteiger partial charge < -0.3 is 15.2 Å². The van der Waals surface area contributed by atoms with Crippen LogP contribution in [0.15, 0.2) is 0 Å². The van der Waals surface area contributed by atoms with Gasteiger partial charge >= 0.3 is 0 Å². The highest BCUT2D eigenvalue weighted by Gasteiger charge is 2.25. The molecule has 14 heavy (non-hydrogen) atoms. The molecule has 80 valence electrons. The van der Waals surface area contributed by atoms with Crippen molar-refractivity contribution in [2.45, 2.75) is 44.8 Å². The molecule has 1 amide bonds. The molecule has 0 heterocycles. The Balaban J connectivity index is 2.34. The summed E-state index contributed by atoms with van der Waals surface area (Å²) < 4.78 is 0. The summed E-state index contributed by atoms with van der Waals surface area (Å²) >= 11 is 0. The lowest BCUT2D eigenvalue weighted by molar-refractivity contribution is -0.128. The molecule has 4 heteroatoms. The number of hydrogen-bond donors (Lipinski definition) is 2. The van der Waals surface area contributed by atoms with Crippen molar-refractivity contribution in [2.24, 2.45) is 5.92 Å². The Morgan fingerprint density at radius 3 is 2.50 bits per heavy atom. The molecule has 4 nitrogen and oxygen atoms in total. The van der Waals surface area contributed by atoms with Gasteiger partial charge in [0.2, 0.25) is 5.91 Å². The van der Waals surface area contributed by atoms with Gasteiger partial charge in [0, 0.05) is 5.92 Å². The molecule has 0 spiro atoms. The Morgan fingerprint density at radius 1 is 1.43 bits per heavy atom. The molecule has 0 aromatic heterocycles. The van der Waals surface area contributed by atoms with Gasteiger partial charge in [-0.1, -0.05) is 0 Å². The van der Waals surface area contributed by atoms with Crippen LogP contribution in [0.3, 0.4) is 0 Å². The minimum atomic E-state index is -0.408. The second-order valence-corrected chi connectivity index (χ2v) is 3.94. The average molecular weight is 199 g/mol. The van der Waals surface area contributed by atoms with Crippen molar-refractivity contribution in [2.75, 3.05) is 0 Å². The summed E-state index contributed by atoms with van der Waals surface area (Å²) in [5.41, 5.74) is 0. The number of nitrogens with one attached hydrogen (secondary N) is 1. The largest absolute Gasteiger partial charge is 0.393 e. The standard InChI is InChI=1S/C10H17NO3/c1-7(6-12)11-10(14)8-2-4-9(13)5-3-8/h6-9,13H,2-5H2,1H3,(H,11,14). The Morgan fingerprint density at radius 2 is 2.00 bits per heavy atom. The summed E-state index contributed by atoms with van der Waals surface area (Å²) in [5.74, 6) is -0.0858. The predicted octanol–water partition coefficient (Wildman–Crippen LogP) is 0.241. The van der Waals surface area contributed by atoms with Crippen molar-refractivity contribution in [3.8, 4) is 0 Å². The lowest BCUT2D eigenvalue weighted by Gasteiger charge is -2.24. The molecule has 1 fully saturated rings. The summed E-state index contributed by atoms with van der Waals surface area (Å²) in [6.45, 7) is 1.66. The number of aldehydes is 1. The quantitative estimate of drug-likeness (QED) is 0.640. The molecule has 1 aliphatic rings. The van der Waals surface area contributed by atoms with E-state index in [9.17, 15) is 14.7 Å². The number of carbonyl (C=O) groups excluding carboxylic acids is 2. The van der Waals surface area contributed by atoms with Gasteiger partial charge in [0.15, 0.2) is 0 Å². The van der Waals surface area contributed by atoms with Crippen molar-refractivity contribution in [1.82, 2.24) is 5.32 Å². The first-order chi connectivity index (χ1) is 6.63. The van der Waals surface area contributed by atoms with Gasteiger partial charge in [-0.3, -0.25) is 4.79 Å². The minimum Gasteiger partial charge on any atom is -0.393 e. The second kappa shape index (κ2) is 5.10. The van der Waals surface area contributed by atoms with E-state index in [-0.39, 0.29) is 17.9 Å². The highest BCUT2D eigenvalue weighted by atomic mass is 16.3. The predicted molar refractivity (Wildman–Crippen MR) is 51.6 cm³/mol. The monoisotopic (exact) mass is 199 g/mol. The van der Waals surface area contributed by atoms with Crippen molar-refractivity contribution >= 4 is 12.2 Å². The molecule has 1 rings (SSSR count). The fraction of sp³-hybridized carbons (Fsp3) is 0.800. The number of carbonyl (C=O) groups is 2. The highest BCUT2D eigenvalue weighted by Crippen LogP contribution is 2.24. The molecule has 1 unspecified atom stereocenters. The second-order valence-electron chi connectivity index (χ2n) is 3.94. The zero-order valence-electron chi connectivity index (χ0n) is 8.40. The van der Waals surface area contributed by atoms with Crippen LogP contribution in [0, 0.1) is 5.92 Å². The van der Waals surface area contributed by atoms with Crippen molar-refractivity contribution < 1.29 is 14.7 Å². The minimum absolute atomic E-state index is 0.0270. The summed E-state index contributed by atoms with van der Waals surface area (Å²) in [6, 6.07) is -0.408. The smallest absolute Gasteiger partial charge is 0.223 e. The van der Waals surface area contributed by atoms with Gasteiger partial charge in [-0.2, -0.15) is 0 Å². The maximum absolute atomic E-state index is 11.5. The van der Waals surface area contributed by atoms with Gasteiger partial charge in [0.05, 0.1) is 12.1 Å². The lowest BCUT2D eigenvalue weighted by atomic mass is 9.87. The number of aliphatic hydroxyl groups excluding tert-OH is 1. The van der Waals surface area contributed by atoms with Gasteiger partial charge in [0.1, 0.15) is 6.29 Å². The van der Waals surface area contributed by atoms with Crippen LogP contribution in [0.1, 0.15) is 32.6 Å². The molecule has 0 bridgehead atoms. The Hall–Kier alpha value is -0.900. The number of rotatable bonds is 3. The van der Waals surface area contributed by atoms with E-state index in [1.54, 1.807) is 6.92 Å². The molecule has 0 radical (unpaired) electrons. The maximum Gasteiger partial charge on any atom is 0.223 e. The molecular weight excluding hydrogens is 182 g/mol. The summed E-state index contributed by atoms with van der Waals surface area (Å²) in [6.07, 6.45) is 3.29. The first-order valence-corrected chi connectivity index (χ1v) is 5.07. The Labute approximate surface area is 83.7 Å². The number of hydrogen-bond acceptors (Lipinski definition) is 3. The zero-order valence-corrected chi connectivity index (χ0v) is 8.40. The third-order valence-electron chi connectivity index (χ3n) is 2.64. The van der Waals surface area contributed by atoms with Crippen molar-refractivity contribution in [3.05, 3.63) is 0 Å². The SMILES string of the molecule is CC(C=O)NC(=O)C1CCC(O)CC1. The zero-order chi connectivity index (χ0) is 10.6. The molecule has 1 atom stereocenters. The van der Waals surface area contributed by atoms with Crippen LogP contribution in [0.25, 0.3) is 0 Å². The molecule has 0 saturated heterocycles. The van der Waals surface area contributed by atoms with Crippen molar-refractivity contribution in [1.29, 1.82) is 0 Å². The molecule has 1 saturated carbocycles. The first kappa shape index (κ1) is 11.2. The van der Waals surface area contributed by atoms with E-state index in [4.69, 9.17) is 0 Å². The molecule has 0 aromatic rings. The average Bonchev–Trinajstić information content (AvgIpc) is 2.18. The molecular formula is C10H17NO3. The van der Waals surface area contributed by atoms with E-state index < -0.39 is 6.04 Å². The van der Waals surface area contributed by atoms with Crippen LogP contribution in [0.5, 0.6) is 0 Å². The third kappa shape index (κ3) is 3.10.